The van der Waals surface area contributed by atoms with Gasteiger partial charge in [-0.1, -0.05) is 36.4 Å². The molecule has 1 N–H and O–H groups in total. The summed E-state index contributed by atoms with van der Waals surface area (Å²) in [7, 11) is 2.00. The van der Waals surface area contributed by atoms with Crippen molar-refractivity contribution >= 4 is 10.8 Å². The fraction of sp³-hybridized carbons (Fsp3) is 0.375. The Bertz CT molecular complexity index is 490. The predicted molar refractivity (Wildman–Crippen MR) is 77.2 cm³/mol. The number of hydrogen-bond donors (Lipinski definition) is 1. The molecule has 0 amide bonds. The van der Waals surface area contributed by atoms with Gasteiger partial charge in [0.15, 0.2) is 0 Å². The third-order valence-corrected chi connectivity index (χ3v) is 3.28. The lowest BCUT2D eigenvalue weighted by Gasteiger charge is -2.12. The lowest BCUT2D eigenvalue weighted by atomic mass is 10.1. The van der Waals surface area contributed by atoms with Gasteiger partial charge in [0.25, 0.3) is 0 Å². The van der Waals surface area contributed by atoms with Gasteiger partial charge in [-0.3, -0.25) is 0 Å². The molecule has 0 aliphatic rings. The van der Waals surface area contributed by atoms with E-state index in [0.29, 0.717) is 6.04 Å². The van der Waals surface area contributed by atoms with E-state index in [1.54, 1.807) is 0 Å². The molecule has 2 nitrogen and oxygen atoms in total. The van der Waals surface area contributed by atoms with Crippen molar-refractivity contribution in [2.45, 2.75) is 25.8 Å². The van der Waals surface area contributed by atoms with Gasteiger partial charge in [-0.2, -0.15) is 0 Å². The largest absolute Gasteiger partial charge is 0.493 e. The van der Waals surface area contributed by atoms with Crippen LogP contribution in [0.1, 0.15) is 19.8 Å². The van der Waals surface area contributed by atoms with E-state index in [0.717, 1.165) is 25.2 Å². The summed E-state index contributed by atoms with van der Waals surface area (Å²) >= 11 is 0. The molecule has 0 aliphatic heterocycles. The zero-order valence-electron chi connectivity index (χ0n) is 11.1. The first-order valence-corrected chi connectivity index (χ1v) is 6.59. The lowest BCUT2D eigenvalue weighted by Crippen LogP contribution is -2.21. The Morgan fingerprint density at radius 1 is 1.11 bits per heavy atom. The lowest BCUT2D eigenvalue weighted by molar-refractivity contribution is 0.303. The number of rotatable bonds is 6. The summed E-state index contributed by atoms with van der Waals surface area (Å²) in [6.45, 7) is 2.97. The van der Waals surface area contributed by atoms with Crippen molar-refractivity contribution in [1.29, 1.82) is 0 Å². The van der Waals surface area contributed by atoms with Crippen LogP contribution in [0.15, 0.2) is 42.5 Å². The van der Waals surface area contributed by atoms with Gasteiger partial charge < -0.3 is 10.1 Å². The molecule has 0 heterocycles. The molecule has 2 heteroatoms. The number of ether oxygens (including phenoxy) is 1. The third-order valence-electron chi connectivity index (χ3n) is 3.28. The molecule has 0 bridgehead atoms. The second-order valence-corrected chi connectivity index (χ2v) is 4.66. The molecule has 1 unspecified atom stereocenters. The maximum atomic E-state index is 5.89. The SMILES string of the molecule is CNC(C)CCCOc1cccc2ccccc12. The molecule has 0 aromatic heterocycles. The molecule has 2 aromatic rings. The Labute approximate surface area is 109 Å². The van der Waals surface area contributed by atoms with E-state index in [1.807, 2.05) is 19.2 Å². The van der Waals surface area contributed by atoms with Crippen LogP contribution in [0.2, 0.25) is 0 Å². The van der Waals surface area contributed by atoms with Crippen molar-refractivity contribution in [3.05, 3.63) is 42.5 Å². The summed E-state index contributed by atoms with van der Waals surface area (Å²) in [5.41, 5.74) is 0. The highest BCUT2D eigenvalue weighted by Gasteiger charge is 2.02. The minimum absolute atomic E-state index is 0.557. The number of hydrogen-bond acceptors (Lipinski definition) is 2. The second kappa shape index (κ2) is 6.41. The van der Waals surface area contributed by atoms with Crippen molar-refractivity contribution < 1.29 is 4.74 Å². The number of benzene rings is 2. The summed E-state index contributed by atoms with van der Waals surface area (Å²) in [6.07, 6.45) is 2.21. The molecule has 0 fully saturated rings. The van der Waals surface area contributed by atoms with Crippen LogP contribution in [0.25, 0.3) is 10.8 Å². The van der Waals surface area contributed by atoms with Crippen molar-refractivity contribution in [3.63, 3.8) is 0 Å². The molecule has 0 saturated carbocycles. The Morgan fingerprint density at radius 3 is 2.72 bits per heavy atom. The maximum Gasteiger partial charge on any atom is 0.127 e. The molecule has 0 spiro atoms. The molecule has 0 aliphatic carbocycles. The summed E-state index contributed by atoms with van der Waals surface area (Å²) in [4.78, 5) is 0. The van der Waals surface area contributed by atoms with Crippen LogP contribution < -0.4 is 10.1 Å². The first-order valence-electron chi connectivity index (χ1n) is 6.59. The van der Waals surface area contributed by atoms with Crippen molar-refractivity contribution in [2.24, 2.45) is 0 Å². The Balaban J connectivity index is 1.95. The highest BCUT2D eigenvalue weighted by Crippen LogP contribution is 2.25. The molecule has 2 aromatic carbocycles. The smallest absolute Gasteiger partial charge is 0.127 e. The molecule has 0 saturated heterocycles. The van der Waals surface area contributed by atoms with Gasteiger partial charge in [0.1, 0.15) is 5.75 Å². The van der Waals surface area contributed by atoms with E-state index in [4.69, 9.17) is 4.74 Å². The summed E-state index contributed by atoms with van der Waals surface area (Å²) in [5.74, 6) is 0.991. The van der Waals surface area contributed by atoms with Crippen molar-refractivity contribution in [3.8, 4) is 5.75 Å². The highest BCUT2D eigenvalue weighted by atomic mass is 16.5. The van der Waals surface area contributed by atoms with E-state index >= 15 is 0 Å². The first-order chi connectivity index (χ1) is 8.81. The van der Waals surface area contributed by atoms with Crippen LogP contribution in [-0.2, 0) is 0 Å². The van der Waals surface area contributed by atoms with Crippen molar-refractivity contribution in [1.82, 2.24) is 5.32 Å². The Morgan fingerprint density at radius 2 is 1.89 bits per heavy atom. The molecule has 0 radical (unpaired) electrons. The quantitative estimate of drug-likeness (QED) is 0.783. The van der Waals surface area contributed by atoms with Gasteiger partial charge in [-0.15, -0.1) is 0 Å². The average molecular weight is 243 g/mol. The third kappa shape index (κ3) is 3.23. The Hall–Kier alpha value is -1.54. The number of fused-ring (bicyclic) bond motifs is 1. The molecule has 96 valence electrons. The van der Waals surface area contributed by atoms with E-state index in [2.05, 4.69) is 42.6 Å². The fourth-order valence-corrected chi connectivity index (χ4v) is 2.04. The second-order valence-electron chi connectivity index (χ2n) is 4.66. The first kappa shape index (κ1) is 12.9. The molecule has 18 heavy (non-hydrogen) atoms. The van der Waals surface area contributed by atoms with Crippen molar-refractivity contribution in [2.75, 3.05) is 13.7 Å². The molecule has 1 atom stereocenters. The van der Waals surface area contributed by atoms with E-state index in [-0.39, 0.29) is 0 Å². The topological polar surface area (TPSA) is 21.3 Å². The van der Waals surface area contributed by atoms with E-state index in [1.165, 1.54) is 10.8 Å². The minimum atomic E-state index is 0.557. The summed E-state index contributed by atoms with van der Waals surface area (Å²) in [5, 5.41) is 5.67. The number of nitrogens with one attached hydrogen (secondary N) is 1. The van der Waals surface area contributed by atoms with Gasteiger partial charge in [-0.25, -0.2) is 0 Å². The minimum Gasteiger partial charge on any atom is -0.493 e. The van der Waals surface area contributed by atoms with E-state index < -0.39 is 0 Å². The molecule has 2 rings (SSSR count). The highest BCUT2D eigenvalue weighted by molar-refractivity contribution is 5.88. The van der Waals surface area contributed by atoms with Crippen LogP contribution in [0, 0.1) is 0 Å². The maximum absolute atomic E-state index is 5.89. The zero-order valence-corrected chi connectivity index (χ0v) is 11.1. The van der Waals surface area contributed by atoms with Gasteiger partial charge >= 0.3 is 0 Å². The Kier molecular flexibility index (Phi) is 4.59. The normalized spacial score (nSPS) is 12.6. The molecular formula is C16H21NO. The summed E-state index contributed by atoms with van der Waals surface area (Å²) < 4.78 is 5.89. The van der Waals surface area contributed by atoms with Crippen LogP contribution in [-0.4, -0.2) is 19.7 Å². The van der Waals surface area contributed by atoms with Gasteiger partial charge in [0.2, 0.25) is 0 Å². The van der Waals surface area contributed by atoms with Gasteiger partial charge in [-0.05, 0) is 38.3 Å². The fourth-order valence-electron chi connectivity index (χ4n) is 2.04. The van der Waals surface area contributed by atoms with E-state index in [9.17, 15) is 0 Å². The van der Waals surface area contributed by atoms with Crippen LogP contribution in [0.5, 0.6) is 5.75 Å². The zero-order chi connectivity index (χ0) is 12.8. The molecular weight excluding hydrogens is 222 g/mol. The monoisotopic (exact) mass is 243 g/mol. The van der Waals surface area contributed by atoms with Crippen LogP contribution in [0.3, 0.4) is 0 Å². The van der Waals surface area contributed by atoms with Gasteiger partial charge in [0, 0.05) is 11.4 Å². The van der Waals surface area contributed by atoms with Gasteiger partial charge in [0.05, 0.1) is 6.61 Å². The summed E-state index contributed by atoms with van der Waals surface area (Å²) in [6, 6.07) is 15.1. The standard InChI is InChI=1S/C16H21NO/c1-13(17-2)7-6-12-18-16-11-5-9-14-8-3-4-10-15(14)16/h3-5,8-11,13,17H,6-7,12H2,1-2H3. The average Bonchev–Trinajstić information content (AvgIpc) is 2.43. The predicted octanol–water partition coefficient (Wildman–Crippen LogP) is 3.61. The van der Waals surface area contributed by atoms with Crippen LogP contribution in [0.4, 0.5) is 0 Å². The van der Waals surface area contributed by atoms with Crippen LogP contribution >= 0.6 is 0 Å².